The number of rotatable bonds is 1. The molecule has 0 aliphatic carbocycles. The van der Waals surface area contributed by atoms with Gasteiger partial charge in [-0.2, -0.15) is 0 Å². The van der Waals surface area contributed by atoms with Crippen molar-refractivity contribution in [2.24, 2.45) is 0 Å². The van der Waals surface area contributed by atoms with E-state index in [1.807, 2.05) is 24.5 Å². The van der Waals surface area contributed by atoms with E-state index in [0.29, 0.717) is 5.92 Å². The van der Waals surface area contributed by atoms with Crippen LogP contribution in [0.3, 0.4) is 0 Å². The molecule has 3 rings (SSSR count). The number of aromatic nitrogens is 2. The molecule has 15 heavy (non-hydrogen) atoms. The minimum atomic E-state index is 0.425. The SMILES string of the molecule is Clc1ccn2c(C3CCOC3)ncc2c1. The highest BCUT2D eigenvalue weighted by Crippen LogP contribution is 2.25. The lowest BCUT2D eigenvalue weighted by molar-refractivity contribution is 0.193. The van der Waals surface area contributed by atoms with Crippen LogP contribution in [0.5, 0.6) is 0 Å². The lowest BCUT2D eigenvalue weighted by Gasteiger charge is -2.06. The largest absolute Gasteiger partial charge is 0.381 e. The Labute approximate surface area is 92.6 Å². The highest BCUT2D eigenvalue weighted by Gasteiger charge is 2.21. The first-order chi connectivity index (χ1) is 7.34. The zero-order valence-electron chi connectivity index (χ0n) is 8.19. The summed E-state index contributed by atoms with van der Waals surface area (Å²) in [6.07, 6.45) is 4.89. The quantitative estimate of drug-likeness (QED) is 0.741. The standard InChI is InChI=1S/C11H11ClN2O/c12-9-1-3-14-10(5-9)6-13-11(14)8-2-4-15-7-8/h1,3,5-6,8H,2,4,7H2. The van der Waals surface area contributed by atoms with Gasteiger partial charge in [-0.25, -0.2) is 4.98 Å². The number of imidazole rings is 1. The number of halogens is 1. The van der Waals surface area contributed by atoms with E-state index < -0.39 is 0 Å². The van der Waals surface area contributed by atoms with Crippen molar-refractivity contribution in [1.29, 1.82) is 0 Å². The number of hydrogen-bond donors (Lipinski definition) is 0. The van der Waals surface area contributed by atoms with Gasteiger partial charge in [0.05, 0.1) is 18.3 Å². The van der Waals surface area contributed by atoms with Crippen LogP contribution in [0.1, 0.15) is 18.2 Å². The molecule has 0 radical (unpaired) electrons. The summed E-state index contributed by atoms with van der Waals surface area (Å²) in [6, 6.07) is 3.81. The van der Waals surface area contributed by atoms with Crippen LogP contribution in [0, 0.1) is 0 Å². The van der Waals surface area contributed by atoms with E-state index in [4.69, 9.17) is 16.3 Å². The van der Waals surface area contributed by atoms with Crippen molar-refractivity contribution < 1.29 is 4.74 Å². The van der Waals surface area contributed by atoms with Crippen LogP contribution >= 0.6 is 11.6 Å². The molecule has 2 aromatic rings. The Balaban J connectivity index is 2.11. The number of nitrogens with zero attached hydrogens (tertiary/aromatic N) is 2. The first-order valence-corrected chi connectivity index (χ1v) is 5.42. The Morgan fingerprint density at radius 2 is 2.47 bits per heavy atom. The molecule has 1 unspecified atom stereocenters. The molecule has 0 amide bonds. The van der Waals surface area contributed by atoms with Gasteiger partial charge in [0.1, 0.15) is 5.82 Å². The van der Waals surface area contributed by atoms with Gasteiger partial charge in [0.25, 0.3) is 0 Å². The predicted molar refractivity (Wildman–Crippen MR) is 58.4 cm³/mol. The molecule has 0 N–H and O–H groups in total. The molecule has 1 atom stereocenters. The third-order valence-electron chi connectivity index (χ3n) is 2.82. The molecule has 78 valence electrons. The van der Waals surface area contributed by atoms with Crippen molar-refractivity contribution in [3.63, 3.8) is 0 Å². The summed E-state index contributed by atoms with van der Waals surface area (Å²) in [6.45, 7) is 1.62. The fraction of sp³-hybridized carbons (Fsp3) is 0.364. The van der Waals surface area contributed by atoms with Gasteiger partial charge < -0.3 is 9.14 Å². The number of fused-ring (bicyclic) bond motifs is 1. The second kappa shape index (κ2) is 3.51. The molecule has 0 saturated carbocycles. The molecule has 1 aliphatic rings. The Morgan fingerprint density at radius 1 is 1.53 bits per heavy atom. The smallest absolute Gasteiger partial charge is 0.118 e. The van der Waals surface area contributed by atoms with E-state index in [2.05, 4.69) is 9.38 Å². The number of pyridine rings is 1. The van der Waals surface area contributed by atoms with E-state index in [0.717, 1.165) is 36.0 Å². The molecule has 0 aromatic carbocycles. The van der Waals surface area contributed by atoms with Crippen LogP contribution in [0.15, 0.2) is 24.5 Å². The van der Waals surface area contributed by atoms with Gasteiger partial charge in [0, 0.05) is 23.7 Å². The van der Waals surface area contributed by atoms with Gasteiger partial charge in [0.2, 0.25) is 0 Å². The fourth-order valence-corrected chi connectivity index (χ4v) is 2.20. The second-order valence-electron chi connectivity index (χ2n) is 3.82. The van der Waals surface area contributed by atoms with Crippen molar-refractivity contribution >= 4 is 17.1 Å². The molecule has 2 aromatic heterocycles. The average Bonchev–Trinajstić information content (AvgIpc) is 2.82. The van der Waals surface area contributed by atoms with E-state index in [1.165, 1.54) is 0 Å². The third-order valence-corrected chi connectivity index (χ3v) is 3.05. The molecule has 0 spiro atoms. The van der Waals surface area contributed by atoms with Crippen LogP contribution in [-0.2, 0) is 4.74 Å². The summed E-state index contributed by atoms with van der Waals surface area (Å²) in [7, 11) is 0. The molecule has 3 nitrogen and oxygen atoms in total. The summed E-state index contributed by atoms with van der Waals surface area (Å²) in [5.41, 5.74) is 1.05. The maximum atomic E-state index is 5.92. The average molecular weight is 223 g/mol. The molecule has 0 bridgehead atoms. The lowest BCUT2D eigenvalue weighted by Crippen LogP contribution is -2.03. The Morgan fingerprint density at radius 3 is 3.27 bits per heavy atom. The van der Waals surface area contributed by atoms with E-state index in [1.54, 1.807) is 0 Å². The Kier molecular flexibility index (Phi) is 2.15. The van der Waals surface area contributed by atoms with Crippen molar-refractivity contribution in [2.45, 2.75) is 12.3 Å². The molecule has 4 heteroatoms. The summed E-state index contributed by atoms with van der Waals surface area (Å²) in [5.74, 6) is 1.51. The van der Waals surface area contributed by atoms with Crippen molar-refractivity contribution in [3.05, 3.63) is 35.4 Å². The molecule has 1 fully saturated rings. The molecular formula is C11H11ClN2O. The fourth-order valence-electron chi connectivity index (χ4n) is 2.03. The first kappa shape index (κ1) is 9.19. The van der Waals surface area contributed by atoms with Gasteiger partial charge in [-0.1, -0.05) is 11.6 Å². The molecule has 3 heterocycles. The van der Waals surface area contributed by atoms with Gasteiger partial charge in [-0.15, -0.1) is 0 Å². The Hall–Kier alpha value is -1.06. The van der Waals surface area contributed by atoms with Crippen molar-refractivity contribution in [1.82, 2.24) is 9.38 Å². The summed E-state index contributed by atoms with van der Waals surface area (Å²) < 4.78 is 7.46. The van der Waals surface area contributed by atoms with Gasteiger partial charge in [-0.3, -0.25) is 0 Å². The highest BCUT2D eigenvalue weighted by molar-refractivity contribution is 6.30. The Bertz CT molecular complexity index is 488. The van der Waals surface area contributed by atoms with E-state index in [-0.39, 0.29) is 0 Å². The van der Waals surface area contributed by atoms with Gasteiger partial charge >= 0.3 is 0 Å². The minimum Gasteiger partial charge on any atom is -0.381 e. The van der Waals surface area contributed by atoms with E-state index in [9.17, 15) is 0 Å². The van der Waals surface area contributed by atoms with Crippen molar-refractivity contribution in [2.75, 3.05) is 13.2 Å². The first-order valence-electron chi connectivity index (χ1n) is 5.05. The monoisotopic (exact) mass is 222 g/mol. The molecular weight excluding hydrogens is 212 g/mol. The lowest BCUT2D eigenvalue weighted by atomic mass is 10.1. The summed E-state index contributed by atoms with van der Waals surface area (Å²) in [5, 5.41) is 0.747. The maximum absolute atomic E-state index is 5.92. The predicted octanol–water partition coefficient (Wildman–Crippen LogP) is 2.49. The zero-order valence-corrected chi connectivity index (χ0v) is 8.94. The van der Waals surface area contributed by atoms with Crippen LogP contribution in [0.2, 0.25) is 5.02 Å². The summed E-state index contributed by atoms with van der Waals surface area (Å²) >= 11 is 5.92. The van der Waals surface area contributed by atoms with Crippen LogP contribution in [0.25, 0.3) is 5.52 Å². The number of hydrogen-bond acceptors (Lipinski definition) is 2. The van der Waals surface area contributed by atoms with Crippen molar-refractivity contribution in [3.8, 4) is 0 Å². The van der Waals surface area contributed by atoms with Gasteiger partial charge in [-0.05, 0) is 18.6 Å². The molecule has 1 aliphatic heterocycles. The van der Waals surface area contributed by atoms with Crippen LogP contribution in [0.4, 0.5) is 0 Å². The summed E-state index contributed by atoms with van der Waals surface area (Å²) in [4.78, 5) is 4.44. The normalized spacial score (nSPS) is 21.3. The van der Waals surface area contributed by atoms with E-state index >= 15 is 0 Å². The van der Waals surface area contributed by atoms with Crippen LogP contribution in [-0.4, -0.2) is 22.6 Å². The second-order valence-corrected chi connectivity index (χ2v) is 4.25. The van der Waals surface area contributed by atoms with Crippen LogP contribution < -0.4 is 0 Å². The zero-order chi connectivity index (χ0) is 10.3. The topological polar surface area (TPSA) is 26.5 Å². The van der Waals surface area contributed by atoms with Gasteiger partial charge in [0.15, 0.2) is 0 Å². The molecule has 1 saturated heterocycles. The minimum absolute atomic E-state index is 0.425. The third kappa shape index (κ3) is 1.52. The highest BCUT2D eigenvalue weighted by atomic mass is 35.5. The number of ether oxygens (including phenoxy) is 1. The maximum Gasteiger partial charge on any atom is 0.118 e.